The molecule has 0 heterocycles. The van der Waals surface area contributed by atoms with Gasteiger partial charge in [0.05, 0.1) is 0 Å². The van der Waals surface area contributed by atoms with Crippen LogP contribution in [0.1, 0.15) is 15.9 Å². The van der Waals surface area contributed by atoms with Crippen molar-refractivity contribution in [3.63, 3.8) is 0 Å². The third-order valence-corrected chi connectivity index (χ3v) is 3.75. The maximum Gasteiger partial charge on any atom is 0.335 e. The molecule has 0 spiro atoms. The highest BCUT2D eigenvalue weighted by Crippen LogP contribution is 2.45. The van der Waals surface area contributed by atoms with Crippen LogP contribution in [0.5, 0.6) is 0 Å². The van der Waals surface area contributed by atoms with Crippen molar-refractivity contribution in [2.75, 3.05) is 0 Å². The Bertz CT molecular complexity index is 865. The smallest absolute Gasteiger partial charge is 0.287 e. The fourth-order valence-electron chi connectivity index (χ4n) is 2.90. The van der Waals surface area contributed by atoms with Crippen LogP contribution < -0.4 is 0 Å². The Labute approximate surface area is 107 Å². The Kier molecular flexibility index (Phi) is 1.78. The molecule has 1 aliphatic rings. The van der Waals surface area contributed by atoms with Crippen molar-refractivity contribution in [3.05, 3.63) is 59.7 Å². The van der Waals surface area contributed by atoms with Crippen LogP contribution in [-0.4, -0.2) is 5.78 Å². The van der Waals surface area contributed by atoms with Crippen molar-refractivity contribution in [2.24, 2.45) is 0 Å². The standard InChI is InChI=1S/C16H8F2O/c17-16(18)12-6-2-4-10-8-7-9-3-1-5-11(15(16)19)13(9)14(10)12/h1-8H. The lowest BCUT2D eigenvalue weighted by Crippen LogP contribution is -2.29. The Balaban J connectivity index is 2.41. The highest BCUT2D eigenvalue weighted by atomic mass is 19.3. The van der Waals surface area contributed by atoms with Crippen LogP contribution in [0.3, 0.4) is 0 Å². The molecule has 0 amide bonds. The predicted molar refractivity (Wildman–Crippen MR) is 69.7 cm³/mol. The first-order valence-corrected chi connectivity index (χ1v) is 5.98. The average molecular weight is 254 g/mol. The van der Waals surface area contributed by atoms with E-state index in [-0.39, 0.29) is 11.1 Å². The number of Topliss-reactive ketones (excluding diaryl/α,β-unsaturated/α-hetero) is 1. The van der Waals surface area contributed by atoms with E-state index in [9.17, 15) is 13.6 Å². The lowest BCUT2D eigenvalue weighted by molar-refractivity contribution is 0.00801. The summed E-state index contributed by atoms with van der Waals surface area (Å²) in [6.45, 7) is 0. The van der Waals surface area contributed by atoms with Gasteiger partial charge in [0.2, 0.25) is 5.78 Å². The number of hydrogen-bond acceptors (Lipinski definition) is 1. The maximum absolute atomic E-state index is 14.2. The molecule has 92 valence electrons. The van der Waals surface area contributed by atoms with Crippen molar-refractivity contribution < 1.29 is 13.6 Å². The lowest BCUT2D eigenvalue weighted by Gasteiger charge is -2.24. The fraction of sp³-hybridized carbons (Fsp3) is 0.0625. The van der Waals surface area contributed by atoms with Crippen LogP contribution in [0, 0.1) is 0 Å². The first-order valence-electron chi connectivity index (χ1n) is 5.98. The minimum absolute atomic E-state index is 0.117. The van der Waals surface area contributed by atoms with E-state index in [0.29, 0.717) is 10.8 Å². The molecule has 1 nitrogen and oxygen atoms in total. The quantitative estimate of drug-likeness (QED) is 0.547. The van der Waals surface area contributed by atoms with Gasteiger partial charge in [0, 0.05) is 16.5 Å². The molecule has 0 N–H and O–H groups in total. The summed E-state index contributed by atoms with van der Waals surface area (Å²) in [5, 5.41) is 2.71. The first-order chi connectivity index (χ1) is 9.10. The number of benzene rings is 3. The molecule has 3 aromatic carbocycles. The maximum atomic E-state index is 14.2. The van der Waals surface area contributed by atoms with E-state index in [1.54, 1.807) is 18.2 Å². The van der Waals surface area contributed by atoms with E-state index in [4.69, 9.17) is 0 Å². The van der Waals surface area contributed by atoms with Gasteiger partial charge < -0.3 is 0 Å². The van der Waals surface area contributed by atoms with Crippen LogP contribution >= 0.6 is 0 Å². The minimum atomic E-state index is -3.44. The fourth-order valence-corrected chi connectivity index (χ4v) is 2.90. The van der Waals surface area contributed by atoms with Gasteiger partial charge in [-0.3, -0.25) is 4.79 Å². The Morgan fingerprint density at radius 3 is 2.16 bits per heavy atom. The first kappa shape index (κ1) is 10.6. The molecule has 0 radical (unpaired) electrons. The van der Waals surface area contributed by atoms with Gasteiger partial charge in [-0.05, 0) is 16.2 Å². The number of alkyl halides is 2. The topological polar surface area (TPSA) is 17.1 Å². The third kappa shape index (κ3) is 1.15. The molecule has 3 heteroatoms. The molecule has 0 unspecified atom stereocenters. The van der Waals surface area contributed by atoms with E-state index in [1.807, 2.05) is 18.2 Å². The molecule has 0 saturated carbocycles. The summed E-state index contributed by atoms with van der Waals surface area (Å²) in [4.78, 5) is 12.0. The van der Waals surface area contributed by atoms with Crippen LogP contribution in [0.25, 0.3) is 21.5 Å². The van der Waals surface area contributed by atoms with Gasteiger partial charge in [-0.25, -0.2) is 0 Å². The molecule has 0 bridgehead atoms. The zero-order valence-electron chi connectivity index (χ0n) is 9.78. The summed E-state index contributed by atoms with van der Waals surface area (Å²) in [7, 11) is 0. The highest BCUT2D eigenvalue weighted by molar-refractivity contribution is 6.24. The molecule has 19 heavy (non-hydrogen) atoms. The monoisotopic (exact) mass is 254 g/mol. The van der Waals surface area contributed by atoms with Crippen LogP contribution in [-0.2, 0) is 5.92 Å². The SMILES string of the molecule is O=C1c2cccc3ccc4cccc(c4c23)C1(F)F. The summed E-state index contributed by atoms with van der Waals surface area (Å²) in [6, 6.07) is 13.3. The van der Waals surface area contributed by atoms with Crippen LogP contribution in [0.15, 0.2) is 48.5 Å². The summed E-state index contributed by atoms with van der Waals surface area (Å²) in [5.41, 5.74) is -0.0638. The second-order valence-electron chi connectivity index (χ2n) is 4.78. The normalized spacial score (nSPS) is 16.4. The molecule has 3 aromatic rings. The number of rotatable bonds is 0. The average Bonchev–Trinajstić information content (AvgIpc) is 2.43. The largest absolute Gasteiger partial charge is 0.335 e. The molecule has 0 fully saturated rings. The Hall–Kier alpha value is -2.29. The zero-order chi connectivity index (χ0) is 13.2. The molecule has 0 aliphatic heterocycles. The second-order valence-corrected chi connectivity index (χ2v) is 4.78. The number of hydrogen-bond donors (Lipinski definition) is 0. The van der Waals surface area contributed by atoms with E-state index in [1.165, 1.54) is 12.1 Å². The van der Waals surface area contributed by atoms with E-state index >= 15 is 0 Å². The highest BCUT2D eigenvalue weighted by Gasteiger charge is 2.46. The van der Waals surface area contributed by atoms with Gasteiger partial charge in [0.1, 0.15) is 0 Å². The van der Waals surface area contributed by atoms with Crippen molar-refractivity contribution in [1.29, 1.82) is 0 Å². The van der Waals surface area contributed by atoms with Gasteiger partial charge >= 0.3 is 5.92 Å². The van der Waals surface area contributed by atoms with Crippen molar-refractivity contribution in [3.8, 4) is 0 Å². The number of halogens is 2. The van der Waals surface area contributed by atoms with Gasteiger partial charge in [0.25, 0.3) is 0 Å². The minimum Gasteiger partial charge on any atom is -0.287 e. The van der Waals surface area contributed by atoms with Crippen LogP contribution in [0.4, 0.5) is 8.78 Å². The molecular weight excluding hydrogens is 246 g/mol. The van der Waals surface area contributed by atoms with Crippen LogP contribution in [0.2, 0.25) is 0 Å². The second kappa shape index (κ2) is 3.18. The number of carbonyl (C=O) groups is 1. The zero-order valence-corrected chi connectivity index (χ0v) is 9.78. The number of ketones is 1. The third-order valence-electron chi connectivity index (χ3n) is 3.75. The molecule has 4 rings (SSSR count). The van der Waals surface area contributed by atoms with E-state index < -0.39 is 11.7 Å². The van der Waals surface area contributed by atoms with Gasteiger partial charge in [-0.15, -0.1) is 0 Å². The molecule has 0 atom stereocenters. The summed E-state index contributed by atoms with van der Waals surface area (Å²) in [5.74, 6) is -4.55. The molecular formula is C16H8F2O. The number of carbonyl (C=O) groups excluding carboxylic acids is 1. The van der Waals surface area contributed by atoms with E-state index in [2.05, 4.69) is 0 Å². The summed E-state index contributed by atoms with van der Waals surface area (Å²) < 4.78 is 28.5. The lowest BCUT2D eigenvalue weighted by atomic mass is 9.83. The van der Waals surface area contributed by atoms with Crippen molar-refractivity contribution in [2.45, 2.75) is 5.92 Å². The Morgan fingerprint density at radius 2 is 1.42 bits per heavy atom. The van der Waals surface area contributed by atoms with Crippen molar-refractivity contribution in [1.82, 2.24) is 0 Å². The van der Waals surface area contributed by atoms with Gasteiger partial charge in [0.15, 0.2) is 0 Å². The Morgan fingerprint density at radius 1 is 0.789 bits per heavy atom. The molecule has 1 aliphatic carbocycles. The van der Waals surface area contributed by atoms with Crippen molar-refractivity contribution >= 4 is 27.3 Å². The predicted octanol–water partition coefficient (Wildman–Crippen LogP) is 4.28. The van der Waals surface area contributed by atoms with Gasteiger partial charge in [-0.2, -0.15) is 8.78 Å². The van der Waals surface area contributed by atoms with Gasteiger partial charge in [-0.1, -0.05) is 48.5 Å². The molecule has 0 saturated heterocycles. The summed E-state index contributed by atoms with van der Waals surface area (Å²) >= 11 is 0. The van der Waals surface area contributed by atoms with E-state index in [0.717, 1.165) is 10.8 Å². The summed E-state index contributed by atoms with van der Waals surface area (Å²) in [6.07, 6.45) is 0. The molecule has 0 aromatic heterocycles.